The molecule has 2 nitrogen and oxygen atoms in total. The lowest BCUT2D eigenvalue weighted by Gasteiger charge is -2.31. The second-order valence-corrected chi connectivity index (χ2v) is 6.37. The van der Waals surface area contributed by atoms with Gasteiger partial charge in [0.15, 0.2) is 5.60 Å². The highest BCUT2D eigenvalue weighted by Crippen LogP contribution is 2.50. The van der Waals surface area contributed by atoms with Crippen molar-refractivity contribution in [3.05, 3.63) is 105 Å². The van der Waals surface area contributed by atoms with E-state index in [-0.39, 0.29) is 0 Å². The van der Waals surface area contributed by atoms with Gasteiger partial charge in [0.2, 0.25) is 0 Å². The number of ether oxygens (including phenoxy) is 1. The molecule has 4 rings (SSSR count). The first-order chi connectivity index (χ1) is 11.6. The van der Waals surface area contributed by atoms with Gasteiger partial charge in [-0.15, -0.1) is 0 Å². The summed E-state index contributed by atoms with van der Waals surface area (Å²) in [6, 6.07) is 22.4. The molecular formula is C20H12Cl2O2. The van der Waals surface area contributed by atoms with Crippen LogP contribution in [0.15, 0.2) is 72.8 Å². The summed E-state index contributed by atoms with van der Waals surface area (Å²) >= 11 is 12.8. The van der Waals surface area contributed by atoms with Crippen LogP contribution in [0.4, 0.5) is 0 Å². The average molecular weight is 355 g/mol. The lowest BCUT2D eigenvalue weighted by molar-refractivity contribution is 0.0252. The Balaban J connectivity index is 2.13. The fourth-order valence-corrected chi connectivity index (χ4v) is 3.68. The maximum atomic E-state index is 12.6. The molecule has 1 heterocycles. The predicted molar refractivity (Wildman–Crippen MR) is 94.6 cm³/mol. The normalized spacial score (nSPS) is 15.0. The lowest BCUT2D eigenvalue weighted by atomic mass is 9.80. The van der Waals surface area contributed by atoms with Crippen LogP contribution in [0.5, 0.6) is 0 Å². The minimum atomic E-state index is -1.10. The minimum absolute atomic E-state index is 0.340. The minimum Gasteiger partial charge on any atom is -0.441 e. The number of benzene rings is 3. The topological polar surface area (TPSA) is 26.3 Å². The number of cyclic esters (lactones) is 1. The molecule has 0 saturated heterocycles. The van der Waals surface area contributed by atoms with Crippen LogP contribution in [-0.2, 0) is 10.3 Å². The summed E-state index contributed by atoms with van der Waals surface area (Å²) in [5.41, 5.74) is 1.59. The lowest BCUT2D eigenvalue weighted by Crippen LogP contribution is -2.29. The molecule has 0 saturated carbocycles. The standard InChI is InChI=1S/C20H12Cl2O2/c21-16-12-11-15-17(18(16)22)20(24-19(15)23,13-7-3-1-4-8-13)14-9-5-2-6-10-14/h1-12H. The highest BCUT2D eigenvalue weighted by molar-refractivity contribution is 6.43. The highest BCUT2D eigenvalue weighted by atomic mass is 35.5. The quantitative estimate of drug-likeness (QED) is 0.571. The van der Waals surface area contributed by atoms with E-state index in [4.69, 9.17) is 27.9 Å². The number of hydrogen-bond acceptors (Lipinski definition) is 2. The molecule has 0 spiro atoms. The Morgan fingerprint density at radius 2 is 1.29 bits per heavy atom. The number of halogens is 2. The molecule has 0 fully saturated rings. The molecular weight excluding hydrogens is 343 g/mol. The Morgan fingerprint density at radius 1 is 0.750 bits per heavy atom. The molecule has 0 aliphatic carbocycles. The Morgan fingerprint density at radius 3 is 1.83 bits per heavy atom. The summed E-state index contributed by atoms with van der Waals surface area (Å²) in [6.07, 6.45) is 0. The molecule has 1 aliphatic heterocycles. The van der Waals surface area contributed by atoms with Crippen LogP contribution in [-0.4, -0.2) is 5.97 Å². The smallest absolute Gasteiger partial charge is 0.340 e. The van der Waals surface area contributed by atoms with Gasteiger partial charge in [-0.3, -0.25) is 0 Å². The zero-order valence-electron chi connectivity index (χ0n) is 12.5. The van der Waals surface area contributed by atoms with E-state index < -0.39 is 11.6 Å². The zero-order valence-corrected chi connectivity index (χ0v) is 14.0. The molecule has 0 aromatic heterocycles. The first-order valence-corrected chi connectivity index (χ1v) is 8.23. The average Bonchev–Trinajstić information content (AvgIpc) is 2.94. The maximum Gasteiger partial charge on any atom is 0.340 e. The van der Waals surface area contributed by atoms with Crippen LogP contribution in [0.1, 0.15) is 27.0 Å². The first-order valence-electron chi connectivity index (χ1n) is 7.47. The van der Waals surface area contributed by atoms with E-state index in [1.165, 1.54) is 0 Å². The van der Waals surface area contributed by atoms with Crippen molar-refractivity contribution in [2.75, 3.05) is 0 Å². The van der Waals surface area contributed by atoms with Gasteiger partial charge in [-0.25, -0.2) is 4.79 Å². The third-order valence-electron chi connectivity index (χ3n) is 4.27. The van der Waals surface area contributed by atoms with Crippen molar-refractivity contribution < 1.29 is 9.53 Å². The van der Waals surface area contributed by atoms with Crippen LogP contribution in [0.2, 0.25) is 10.0 Å². The van der Waals surface area contributed by atoms with Gasteiger partial charge in [-0.2, -0.15) is 0 Å². The second kappa shape index (κ2) is 5.66. The van der Waals surface area contributed by atoms with Crippen molar-refractivity contribution >= 4 is 29.2 Å². The number of hydrogen-bond donors (Lipinski definition) is 0. The third kappa shape index (κ3) is 2.07. The summed E-state index contributed by atoms with van der Waals surface area (Å²) in [4.78, 5) is 12.6. The fraction of sp³-hybridized carbons (Fsp3) is 0.0500. The molecule has 4 heteroatoms. The van der Waals surface area contributed by atoms with Gasteiger partial charge in [0.1, 0.15) is 0 Å². The SMILES string of the molecule is O=C1OC(c2ccccc2)(c2ccccc2)c2c1ccc(Cl)c2Cl. The van der Waals surface area contributed by atoms with E-state index in [2.05, 4.69) is 0 Å². The van der Waals surface area contributed by atoms with Gasteiger partial charge in [0, 0.05) is 16.7 Å². The Kier molecular flexibility index (Phi) is 3.60. The summed E-state index contributed by atoms with van der Waals surface area (Å²) in [7, 11) is 0. The van der Waals surface area contributed by atoms with Crippen molar-refractivity contribution in [2.45, 2.75) is 5.60 Å². The largest absolute Gasteiger partial charge is 0.441 e. The molecule has 0 radical (unpaired) electrons. The van der Waals surface area contributed by atoms with Gasteiger partial charge in [0.25, 0.3) is 0 Å². The molecule has 0 N–H and O–H groups in total. The summed E-state index contributed by atoms with van der Waals surface area (Å²) in [5.74, 6) is -0.406. The molecule has 3 aromatic carbocycles. The van der Waals surface area contributed by atoms with Crippen LogP contribution < -0.4 is 0 Å². The van der Waals surface area contributed by atoms with Crippen molar-refractivity contribution in [1.29, 1.82) is 0 Å². The van der Waals surface area contributed by atoms with Crippen LogP contribution >= 0.6 is 23.2 Å². The number of rotatable bonds is 2. The monoisotopic (exact) mass is 354 g/mol. The van der Waals surface area contributed by atoms with E-state index in [1.54, 1.807) is 12.1 Å². The first kappa shape index (κ1) is 15.3. The van der Waals surface area contributed by atoms with Gasteiger partial charge >= 0.3 is 5.97 Å². The molecule has 0 unspecified atom stereocenters. The molecule has 24 heavy (non-hydrogen) atoms. The van der Waals surface area contributed by atoms with Crippen molar-refractivity contribution in [3.8, 4) is 0 Å². The van der Waals surface area contributed by atoms with Gasteiger partial charge in [0.05, 0.1) is 15.6 Å². The number of fused-ring (bicyclic) bond motifs is 1. The van der Waals surface area contributed by atoms with E-state index in [0.717, 1.165) is 11.1 Å². The Bertz CT molecular complexity index is 882. The van der Waals surface area contributed by atoms with E-state index in [1.807, 2.05) is 60.7 Å². The van der Waals surface area contributed by atoms with Gasteiger partial charge in [-0.1, -0.05) is 83.9 Å². The van der Waals surface area contributed by atoms with Crippen LogP contribution in [0, 0.1) is 0 Å². The molecule has 118 valence electrons. The fourth-order valence-electron chi connectivity index (χ4n) is 3.23. The van der Waals surface area contributed by atoms with Gasteiger partial charge in [-0.05, 0) is 12.1 Å². The second-order valence-electron chi connectivity index (χ2n) is 5.59. The third-order valence-corrected chi connectivity index (χ3v) is 5.08. The predicted octanol–water partition coefficient (Wildman–Crippen LogP) is 5.46. The van der Waals surface area contributed by atoms with Crippen LogP contribution in [0.3, 0.4) is 0 Å². The van der Waals surface area contributed by atoms with Crippen molar-refractivity contribution in [3.63, 3.8) is 0 Å². The number of carbonyl (C=O) groups excluding carboxylic acids is 1. The molecule has 0 atom stereocenters. The summed E-state index contributed by atoms with van der Waals surface area (Å²) < 4.78 is 5.95. The molecule has 1 aliphatic rings. The van der Waals surface area contributed by atoms with E-state index in [0.29, 0.717) is 21.2 Å². The molecule has 3 aromatic rings. The zero-order chi connectivity index (χ0) is 16.7. The summed E-state index contributed by atoms with van der Waals surface area (Å²) in [6.45, 7) is 0. The van der Waals surface area contributed by atoms with Crippen molar-refractivity contribution in [2.24, 2.45) is 0 Å². The van der Waals surface area contributed by atoms with E-state index >= 15 is 0 Å². The molecule has 0 bridgehead atoms. The van der Waals surface area contributed by atoms with E-state index in [9.17, 15) is 4.79 Å². The maximum absolute atomic E-state index is 12.6. The van der Waals surface area contributed by atoms with Crippen molar-refractivity contribution in [1.82, 2.24) is 0 Å². The van der Waals surface area contributed by atoms with Gasteiger partial charge < -0.3 is 4.74 Å². The highest BCUT2D eigenvalue weighted by Gasteiger charge is 2.50. The number of carbonyl (C=O) groups is 1. The molecule has 0 amide bonds. The Hall–Kier alpha value is -2.29. The number of esters is 1. The Labute approximate surface area is 149 Å². The van der Waals surface area contributed by atoms with Crippen LogP contribution in [0.25, 0.3) is 0 Å². The summed E-state index contributed by atoms with van der Waals surface area (Å²) in [5, 5.41) is 0.734.